The maximum Gasteiger partial charge on any atom is 0.269 e. The summed E-state index contributed by atoms with van der Waals surface area (Å²) in [5.41, 5.74) is 13.6. The summed E-state index contributed by atoms with van der Waals surface area (Å²) in [6.45, 7) is 19.9. The van der Waals surface area contributed by atoms with Gasteiger partial charge in [-0.05, 0) is 154 Å². The molecule has 4 heterocycles. The van der Waals surface area contributed by atoms with Crippen LogP contribution in [0.5, 0.6) is 11.5 Å². The van der Waals surface area contributed by atoms with Crippen molar-refractivity contribution in [3.63, 3.8) is 0 Å². The highest BCUT2D eigenvalue weighted by Gasteiger charge is 2.30. The second-order valence-electron chi connectivity index (χ2n) is 24.7. The number of hydrogen-bond acceptors (Lipinski definition) is 2. The molecular formula is C78H66N4O. The maximum atomic E-state index is 9.58. The zero-order valence-electron chi connectivity index (χ0n) is 57.9. The van der Waals surface area contributed by atoms with Crippen molar-refractivity contribution in [3.8, 4) is 95.5 Å². The molecular weight excluding hydrogens is 1010 g/mol. The van der Waals surface area contributed by atoms with Crippen molar-refractivity contribution in [2.24, 2.45) is 0 Å². The quantitative estimate of drug-likeness (QED) is 0.118. The molecule has 0 saturated heterocycles. The van der Waals surface area contributed by atoms with Crippen molar-refractivity contribution < 1.29 is 23.0 Å². The molecule has 0 fully saturated rings. The summed E-state index contributed by atoms with van der Waals surface area (Å²) in [6.07, 6.45) is 5.71. The molecule has 0 aliphatic carbocycles. The van der Waals surface area contributed by atoms with Crippen molar-refractivity contribution in [2.75, 3.05) is 0 Å². The molecule has 0 radical (unpaired) electrons. The summed E-state index contributed by atoms with van der Waals surface area (Å²) in [5.74, 6) is 1.93. The summed E-state index contributed by atoms with van der Waals surface area (Å²) < 4.78 is 104. The van der Waals surface area contributed by atoms with Crippen LogP contribution in [-0.4, -0.2) is 14.1 Å². The predicted molar refractivity (Wildman–Crippen MR) is 345 cm³/mol. The SMILES string of the molecule is [2H]c1c([2H])c([2H])c(-c2cccc3c2-c2ccccc2-c2cc(-c4cc(C(C)(C)C)cc(C(C)(C)C)c4)cc4c2[n+]([c-]n4-c2cccc(Oc4ccc5c6ccccc6n(-c6cc(C(C)(C)C)ccn6)c5c4)c2)-c2c-3cccc2-c2c([2H])c([2H])c([2H])c([2H])c2[2H])c([2H])c1[2H]. The van der Waals surface area contributed by atoms with Crippen LogP contribution in [0.1, 0.15) is 92.7 Å². The Bertz CT molecular complexity index is 5240. The summed E-state index contributed by atoms with van der Waals surface area (Å²) in [5, 5.41) is 2.13. The second kappa shape index (κ2) is 19.6. The van der Waals surface area contributed by atoms with E-state index in [4.69, 9.17) is 17.9 Å². The number of nitrogens with zero attached hydrogens (tertiary/aromatic N) is 4. The summed E-state index contributed by atoms with van der Waals surface area (Å²) in [7, 11) is 0. The summed E-state index contributed by atoms with van der Waals surface area (Å²) in [6, 6.07) is 52.1. The van der Waals surface area contributed by atoms with Crippen LogP contribution < -0.4 is 9.30 Å². The van der Waals surface area contributed by atoms with Crippen LogP contribution in [0, 0.1) is 6.33 Å². The van der Waals surface area contributed by atoms with Crippen LogP contribution >= 0.6 is 0 Å². The van der Waals surface area contributed by atoms with E-state index in [9.17, 15) is 5.48 Å². The molecule has 0 unspecified atom stereocenters. The van der Waals surface area contributed by atoms with Gasteiger partial charge in [0.1, 0.15) is 17.3 Å². The molecule has 404 valence electrons. The molecule has 0 amide bonds. The Labute approximate surface area is 501 Å². The molecule has 0 saturated carbocycles. The molecule has 3 aromatic heterocycles. The number of hydrogen-bond donors (Lipinski definition) is 0. The number of ether oxygens (including phenoxy) is 1. The first-order chi connectivity index (χ1) is 44.2. The van der Waals surface area contributed by atoms with Crippen molar-refractivity contribution >= 4 is 32.8 Å². The van der Waals surface area contributed by atoms with Crippen molar-refractivity contribution in [1.82, 2.24) is 14.1 Å². The highest BCUT2D eigenvalue weighted by Crippen LogP contribution is 2.50. The minimum Gasteiger partial charge on any atom is -0.458 e. The van der Waals surface area contributed by atoms with Crippen molar-refractivity contribution in [3.05, 3.63) is 259 Å². The van der Waals surface area contributed by atoms with Gasteiger partial charge in [-0.3, -0.25) is 13.7 Å². The van der Waals surface area contributed by atoms with Crippen LogP contribution in [0.15, 0.2) is 236 Å². The van der Waals surface area contributed by atoms with Gasteiger partial charge in [0, 0.05) is 23.0 Å². The lowest BCUT2D eigenvalue weighted by atomic mass is 9.78. The third-order valence-electron chi connectivity index (χ3n) is 16.2. The molecule has 0 bridgehead atoms. The molecule has 5 heteroatoms. The Hall–Kier alpha value is -9.58. The van der Waals surface area contributed by atoms with Gasteiger partial charge in [-0.2, -0.15) is 0 Å². The van der Waals surface area contributed by atoms with Gasteiger partial charge in [0.05, 0.1) is 47.1 Å². The van der Waals surface area contributed by atoms with E-state index in [1.165, 1.54) is 0 Å². The van der Waals surface area contributed by atoms with E-state index in [0.717, 1.165) is 66.6 Å². The van der Waals surface area contributed by atoms with Gasteiger partial charge in [-0.1, -0.05) is 232 Å². The van der Waals surface area contributed by atoms with Crippen LogP contribution in [0.25, 0.3) is 117 Å². The Morgan fingerprint density at radius 3 is 1.75 bits per heavy atom. The standard InChI is InChI=1S/C78H66N4O/c1-76(2,3)54-39-40-79-72(46-54)82-69-36-19-18-30-63(69)64-38-37-59(48-70(64)82)83-58-28-20-27-57(47-58)80-49-81-74-61(51-25-14-11-15-26-51)33-22-35-67(74)66-34-21-32-60(50-23-12-10-13-24-50)73(66)65-31-17-16-29-62(65)68-43-53(44-71(80)75(68)81)52-41-55(77(4,5)6)45-56(42-52)78(7,8)9/h10-48H,1-9H3/i10D,11D,12D,13D,14D,15D,23D,24D,25D,26D. The van der Waals surface area contributed by atoms with Gasteiger partial charge in [-0.25, -0.2) is 4.98 Å². The third-order valence-corrected chi connectivity index (χ3v) is 16.2. The highest BCUT2D eigenvalue weighted by molar-refractivity contribution is 6.10. The van der Waals surface area contributed by atoms with E-state index >= 15 is 0 Å². The van der Waals surface area contributed by atoms with Gasteiger partial charge in [0.25, 0.3) is 6.33 Å². The van der Waals surface area contributed by atoms with E-state index in [-0.39, 0.29) is 39.5 Å². The Morgan fingerprint density at radius 2 is 1.02 bits per heavy atom. The zero-order chi connectivity index (χ0) is 65.6. The number of imidazole rings is 1. The molecule has 0 atom stereocenters. The van der Waals surface area contributed by atoms with Crippen LogP contribution in [0.3, 0.4) is 0 Å². The molecule has 1 aliphatic heterocycles. The first-order valence-corrected chi connectivity index (χ1v) is 28.2. The Kier molecular flexibility index (Phi) is 9.76. The van der Waals surface area contributed by atoms with Crippen LogP contribution in [0.4, 0.5) is 0 Å². The second-order valence-corrected chi connectivity index (χ2v) is 24.7. The minimum absolute atomic E-state index is 0.0131. The maximum absolute atomic E-state index is 9.58. The predicted octanol–water partition coefficient (Wildman–Crippen LogP) is 20.2. The topological polar surface area (TPSA) is 35.9 Å². The molecule has 0 N–H and O–H groups in total. The molecule has 1 aliphatic rings. The molecule has 10 aromatic carbocycles. The lowest BCUT2D eigenvalue weighted by molar-refractivity contribution is -0.570. The smallest absolute Gasteiger partial charge is 0.269 e. The lowest BCUT2D eigenvalue weighted by Crippen LogP contribution is -2.32. The van der Waals surface area contributed by atoms with Gasteiger partial charge in [-0.15, -0.1) is 0 Å². The Morgan fingerprint density at radius 1 is 0.434 bits per heavy atom. The minimum atomic E-state index is -0.531. The fourth-order valence-corrected chi connectivity index (χ4v) is 11.9. The molecule has 0 spiro atoms. The molecule has 14 rings (SSSR count). The normalized spacial score (nSPS) is 14.1. The molecule has 13 aromatic rings. The fraction of sp³-hybridized carbons (Fsp3) is 0.154. The average Bonchev–Trinajstić information content (AvgIpc) is 1.64. The number of pyridine rings is 1. The number of rotatable bonds is 7. The number of benzene rings is 10. The first kappa shape index (κ1) is 41.4. The summed E-state index contributed by atoms with van der Waals surface area (Å²) >= 11 is 0. The van der Waals surface area contributed by atoms with Crippen LogP contribution in [-0.2, 0) is 16.2 Å². The number of para-hydroxylation sites is 2. The van der Waals surface area contributed by atoms with Gasteiger partial charge in [0.2, 0.25) is 0 Å². The van der Waals surface area contributed by atoms with E-state index in [1.54, 1.807) is 24.3 Å². The van der Waals surface area contributed by atoms with Crippen LogP contribution in [0.2, 0.25) is 0 Å². The zero-order valence-corrected chi connectivity index (χ0v) is 47.9. The van der Waals surface area contributed by atoms with Crippen molar-refractivity contribution in [2.45, 2.75) is 78.6 Å². The van der Waals surface area contributed by atoms with Crippen molar-refractivity contribution in [1.29, 1.82) is 0 Å². The Balaban J connectivity index is 1.09. The van der Waals surface area contributed by atoms with Gasteiger partial charge in [0.15, 0.2) is 0 Å². The fourth-order valence-electron chi connectivity index (χ4n) is 11.9. The number of fused-ring (bicyclic) bond motifs is 10. The largest absolute Gasteiger partial charge is 0.458 e. The number of aromatic nitrogens is 4. The van der Waals surface area contributed by atoms with E-state index in [0.29, 0.717) is 67.3 Å². The van der Waals surface area contributed by atoms with E-state index in [2.05, 4.69) is 140 Å². The van der Waals surface area contributed by atoms with E-state index < -0.39 is 48.3 Å². The molecule has 5 nitrogen and oxygen atoms in total. The third kappa shape index (κ3) is 9.03. The van der Waals surface area contributed by atoms with Gasteiger partial charge >= 0.3 is 0 Å². The lowest BCUT2D eigenvalue weighted by Gasteiger charge is -2.26. The highest BCUT2D eigenvalue weighted by atomic mass is 16.5. The summed E-state index contributed by atoms with van der Waals surface area (Å²) in [4.78, 5) is 4.92. The average molecular weight is 1090 g/mol. The van der Waals surface area contributed by atoms with E-state index in [1.807, 2.05) is 94.2 Å². The first-order valence-electron chi connectivity index (χ1n) is 33.2. The monoisotopic (exact) mass is 1080 g/mol. The van der Waals surface area contributed by atoms with Gasteiger partial charge < -0.3 is 4.74 Å². The molecule has 83 heavy (non-hydrogen) atoms.